The molecule has 6 nitrogen and oxygen atoms in total. The van der Waals surface area contributed by atoms with Gasteiger partial charge in [-0.1, -0.05) is 6.42 Å². The zero-order valence-corrected chi connectivity index (χ0v) is 19.8. The molecule has 1 N–H and O–H groups in total. The second-order valence-corrected chi connectivity index (χ2v) is 9.27. The molecule has 32 heavy (non-hydrogen) atoms. The predicted molar refractivity (Wildman–Crippen MR) is 121 cm³/mol. The highest BCUT2D eigenvalue weighted by molar-refractivity contribution is 7.89. The molecule has 0 fully saturated rings. The Morgan fingerprint density at radius 3 is 2.38 bits per heavy atom. The van der Waals surface area contributed by atoms with Crippen molar-refractivity contribution in [2.24, 2.45) is 0 Å². The fourth-order valence-electron chi connectivity index (χ4n) is 3.74. The van der Waals surface area contributed by atoms with Crippen molar-refractivity contribution in [3.05, 3.63) is 53.1 Å². The normalized spacial score (nSPS) is 13.9. The summed E-state index contributed by atoms with van der Waals surface area (Å²) in [5.74, 6) is -0.283. The number of nitrogens with one attached hydrogen (secondary N) is 1. The van der Waals surface area contributed by atoms with E-state index in [2.05, 4.69) is 9.62 Å². The molecule has 0 aromatic heterocycles. The number of benzene rings is 2. The molecule has 3 rings (SSSR count). The Labute approximate surface area is 194 Å². The number of halogens is 3. The van der Waals surface area contributed by atoms with Crippen molar-refractivity contribution in [2.45, 2.75) is 37.1 Å². The molecule has 0 saturated carbocycles. The van der Waals surface area contributed by atoms with Crippen molar-refractivity contribution in [2.75, 3.05) is 33.9 Å². The Kier molecular flexibility index (Phi) is 9.69. The molecule has 2 aromatic rings. The second kappa shape index (κ2) is 11.8. The Balaban J connectivity index is 0.00000363. The minimum absolute atomic E-state index is 0. The number of ether oxygens (including phenoxy) is 2. The molecular formula is C22H29ClF2N2O4S. The average molecular weight is 491 g/mol. The summed E-state index contributed by atoms with van der Waals surface area (Å²) in [6, 6.07) is 6.46. The summed E-state index contributed by atoms with van der Waals surface area (Å²) >= 11 is 0. The molecule has 1 aliphatic rings. The summed E-state index contributed by atoms with van der Waals surface area (Å²) in [6.45, 7) is 2.87. The molecule has 0 spiro atoms. The largest absolute Gasteiger partial charge is 0.493 e. The van der Waals surface area contributed by atoms with Crippen LogP contribution in [0.3, 0.4) is 0 Å². The molecule has 0 atom stereocenters. The third kappa shape index (κ3) is 6.54. The maximum atomic E-state index is 13.7. The van der Waals surface area contributed by atoms with Crippen molar-refractivity contribution >= 4 is 22.4 Å². The van der Waals surface area contributed by atoms with Gasteiger partial charge >= 0.3 is 0 Å². The van der Waals surface area contributed by atoms with Gasteiger partial charge < -0.3 is 9.47 Å². The van der Waals surface area contributed by atoms with Gasteiger partial charge in [-0.2, -0.15) is 0 Å². The predicted octanol–water partition coefficient (Wildman–Crippen LogP) is 3.91. The van der Waals surface area contributed by atoms with Gasteiger partial charge in [-0.3, -0.25) is 4.90 Å². The van der Waals surface area contributed by atoms with Crippen molar-refractivity contribution in [1.29, 1.82) is 0 Å². The van der Waals surface area contributed by atoms with Crippen LogP contribution in [0.2, 0.25) is 0 Å². The highest BCUT2D eigenvalue weighted by Gasteiger charge is 2.20. The van der Waals surface area contributed by atoms with Gasteiger partial charge in [0.15, 0.2) is 11.5 Å². The van der Waals surface area contributed by atoms with E-state index in [4.69, 9.17) is 9.47 Å². The number of rotatable bonds is 10. The molecule has 1 aliphatic heterocycles. The second-order valence-electron chi connectivity index (χ2n) is 7.54. The van der Waals surface area contributed by atoms with Crippen LogP contribution in [0, 0.1) is 11.6 Å². The lowest BCUT2D eigenvalue weighted by Crippen LogP contribution is -2.31. The first-order chi connectivity index (χ1) is 14.8. The number of nitrogens with zero attached hydrogens (tertiary/aromatic N) is 1. The lowest BCUT2D eigenvalue weighted by Gasteiger charge is -2.29. The van der Waals surface area contributed by atoms with E-state index in [1.165, 1.54) is 11.1 Å². The van der Waals surface area contributed by atoms with Crippen LogP contribution in [-0.4, -0.2) is 47.2 Å². The zero-order chi connectivity index (χ0) is 22.4. The molecule has 0 bridgehead atoms. The van der Waals surface area contributed by atoms with Crippen molar-refractivity contribution < 1.29 is 26.7 Å². The number of methoxy groups -OCH3 is 2. The summed E-state index contributed by atoms with van der Waals surface area (Å²) in [6.07, 6.45) is 3.29. The Bertz CT molecular complexity index is 1020. The van der Waals surface area contributed by atoms with Crippen LogP contribution in [0.1, 0.15) is 30.4 Å². The number of sulfonamides is 1. The minimum atomic E-state index is -4.06. The van der Waals surface area contributed by atoms with Gasteiger partial charge in [-0.05, 0) is 67.3 Å². The third-order valence-corrected chi connectivity index (χ3v) is 6.90. The van der Waals surface area contributed by atoms with Crippen LogP contribution in [0.4, 0.5) is 8.78 Å². The fourth-order valence-corrected chi connectivity index (χ4v) is 4.90. The van der Waals surface area contributed by atoms with Gasteiger partial charge in [-0.15, -0.1) is 12.4 Å². The van der Waals surface area contributed by atoms with E-state index in [9.17, 15) is 17.2 Å². The van der Waals surface area contributed by atoms with E-state index in [1.807, 2.05) is 12.1 Å². The molecule has 0 unspecified atom stereocenters. The molecule has 2 aromatic carbocycles. The molecule has 10 heteroatoms. The van der Waals surface area contributed by atoms with Crippen molar-refractivity contribution in [3.8, 4) is 11.5 Å². The van der Waals surface area contributed by atoms with Crippen LogP contribution in [-0.2, 0) is 23.0 Å². The van der Waals surface area contributed by atoms with Crippen molar-refractivity contribution in [3.63, 3.8) is 0 Å². The van der Waals surface area contributed by atoms with Crippen LogP contribution in [0.5, 0.6) is 11.5 Å². The fraction of sp³-hybridized carbons (Fsp3) is 0.455. The minimum Gasteiger partial charge on any atom is -0.493 e. The van der Waals surface area contributed by atoms with E-state index >= 15 is 0 Å². The summed E-state index contributed by atoms with van der Waals surface area (Å²) in [4.78, 5) is 1.70. The number of hydrogen-bond acceptors (Lipinski definition) is 5. The zero-order valence-electron chi connectivity index (χ0n) is 18.2. The van der Waals surface area contributed by atoms with E-state index in [0.29, 0.717) is 12.5 Å². The van der Waals surface area contributed by atoms with Crippen LogP contribution >= 0.6 is 12.4 Å². The first-order valence-corrected chi connectivity index (χ1v) is 11.7. The maximum Gasteiger partial charge on any atom is 0.243 e. The van der Waals surface area contributed by atoms with Crippen molar-refractivity contribution in [1.82, 2.24) is 9.62 Å². The molecule has 0 aliphatic carbocycles. The monoisotopic (exact) mass is 490 g/mol. The van der Waals surface area contributed by atoms with E-state index in [-0.39, 0.29) is 19.0 Å². The lowest BCUT2D eigenvalue weighted by molar-refractivity contribution is 0.247. The Morgan fingerprint density at radius 1 is 1.00 bits per heavy atom. The number of hydrogen-bond donors (Lipinski definition) is 1. The maximum absolute atomic E-state index is 13.7. The topological polar surface area (TPSA) is 67.9 Å². The van der Waals surface area contributed by atoms with E-state index in [1.54, 1.807) is 14.2 Å². The number of unbranched alkanes of at least 4 members (excludes halogenated alkanes) is 2. The Hall–Kier alpha value is -1.94. The highest BCUT2D eigenvalue weighted by atomic mass is 35.5. The van der Waals surface area contributed by atoms with E-state index < -0.39 is 26.6 Å². The average Bonchev–Trinajstić information content (AvgIpc) is 2.76. The SMILES string of the molecule is COc1cc2c(cc1OC)CN(CCCCCNS(=O)(=O)c1cc(F)ccc1F)CC2.Cl. The molecular weight excluding hydrogens is 462 g/mol. The standard InChI is InChI=1S/C22H28F2N2O4S.ClH/c1-29-20-12-16-8-11-26(15-17(16)13-21(20)30-2)10-5-3-4-9-25-31(27,28)22-14-18(23)6-7-19(22)24;/h6-7,12-14,25H,3-5,8-11,15H2,1-2H3;1H. The smallest absolute Gasteiger partial charge is 0.243 e. The molecule has 0 radical (unpaired) electrons. The van der Waals surface area contributed by atoms with Crippen LogP contribution in [0.15, 0.2) is 35.2 Å². The van der Waals surface area contributed by atoms with Gasteiger partial charge in [0.1, 0.15) is 16.5 Å². The molecule has 0 saturated heterocycles. The summed E-state index contributed by atoms with van der Waals surface area (Å²) in [5.41, 5.74) is 2.50. The lowest BCUT2D eigenvalue weighted by atomic mass is 9.98. The summed E-state index contributed by atoms with van der Waals surface area (Å²) in [5, 5.41) is 0. The first-order valence-electron chi connectivity index (χ1n) is 10.2. The van der Waals surface area contributed by atoms with Gasteiger partial charge in [0.2, 0.25) is 10.0 Å². The molecule has 1 heterocycles. The van der Waals surface area contributed by atoms with Gasteiger partial charge in [-0.25, -0.2) is 21.9 Å². The summed E-state index contributed by atoms with van der Waals surface area (Å²) in [7, 11) is -0.805. The van der Waals surface area contributed by atoms with Gasteiger partial charge in [0.25, 0.3) is 0 Å². The van der Waals surface area contributed by atoms with E-state index in [0.717, 1.165) is 62.5 Å². The summed E-state index contributed by atoms with van der Waals surface area (Å²) < 4.78 is 64.3. The van der Waals surface area contributed by atoms with Gasteiger partial charge in [0, 0.05) is 19.6 Å². The number of fused-ring (bicyclic) bond motifs is 1. The van der Waals surface area contributed by atoms with Crippen LogP contribution < -0.4 is 14.2 Å². The van der Waals surface area contributed by atoms with Crippen LogP contribution in [0.25, 0.3) is 0 Å². The molecule has 178 valence electrons. The first kappa shape index (κ1) is 26.3. The van der Waals surface area contributed by atoms with Gasteiger partial charge in [0.05, 0.1) is 14.2 Å². The highest BCUT2D eigenvalue weighted by Crippen LogP contribution is 2.33. The quantitative estimate of drug-likeness (QED) is 0.511. The Morgan fingerprint density at radius 2 is 1.69 bits per heavy atom. The third-order valence-electron chi connectivity index (χ3n) is 5.42. The molecule has 0 amide bonds.